The Hall–Kier alpha value is -2.44. The average Bonchev–Trinajstić information content (AvgIpc) is 3.20. The molecule has 6 heteroatoms. The number of hydrogen-bond donors (Lipinski definition) is 2. The van der Waals surface area contributed by atoms with Gasteiger partial charge in [-0.2, -0.15) is 0 Å². The SMILES string of the molecule is Cc1ccc(C2CC(C(=O)N3CCC(Oc4ccccc4F)CC3)NN2)cc1. The van der Waals surface area contributed by atoms with Gasteiger partial charge in [0.15, 0.2) is 11.6 Å². The van der Waals surface area contributed by atoms with Gasteiger partial charge in [0.2, 0.25) is 5.91 Å². The number of halogens is 1. The van der Waals surface area contributed by atoms with Crippen molar-refractivity contribution in [1.29, 1.82) is 0 Å². The van der Waals surface area contributed by atoms with Gasteiger partial charge in [0.25, 0.3) is 0 Å². The van der Waals surface area contributed by atoms with E-state index in [0.717, 1.165) is 6.42 Å². The molecule has 2 unspecified atom stereocenters. The molecular formula is C22H26FN3O2. The first-order valence-corrected chi connectivity index (χ1v) is 9.88. The van der Waals surface area contributed by atoms with Crippen molar-refractivity contribution in [3.8, 4) is 5.75 Å². The lowest BCUT2D eigenvalue weighted by Gasteiger charge is -2.33. The third kappa shape index (κ3) is 4.18. The topological polar surface area (TPSA) is 53.6 Å². The molecule has 0 radical (unpaired) electrons. The molecule has 2 aliphatic rings. The van der Waals surface area contributed by atoms with Crippen LogP contribution in [0.25, 0.3) is 0 Å². The van der Waals surface area contributed by atoms with Crippen molar-refractivity contribution in [2.45, 2.75) is 44.4 Å². The van der Waals surface area contributed by atoms with Crippen LogP contribution in [-0.4, -0.2) is 36.0 Å². The standard InChI is InChI=1S/C22H26FN3O2/c1-15-6-8-16(9-7-15)19-14-20(25-24-19)22(27)26-12-10-17(11-13-26)28-21-5-3-2-4-18(21)23/h2-9,17,19-20,24-25H,10-14H2,1H3. The second-order valence-corrected chi connectivity index (χ2v) is 7.61. The molecule has 2 N–H and O–H groups in total. The van der Waals surface area contributed by atoms with Gasteiger partial charge in [-0.05, 0) is 31.0 Å². The van der Waals surface area contributed by atoms with E-state index >= 15 is 0 Å². The minimum Gasteiger partial charge on any atom is -0.487 e. The lowest BCUT2D eigenvalue weighted by atomic mass is 9.99. The van der Waals surface area contributed by atoms with Gasteiger partial charge >= 0.3 is 0 Å². The van der Waals surface area contributed by atoms with E-state index in [-0.39, 0.29) is 35.7 Å². The Morgan fingerprint density at radius 3 is 2.50 bits per heavy atom. The third-order valence-electron chi connectivity index (χ3n) is 5.56. The highest BCUT2D eigenvalue weighted by Gasteiger charge is 2.34. The third-order valence-corrected chi connectivity index (χ3v) is 5.56. The monoisotopic (exact) mass is 383 g/mol. The predicted octanol–water partition coefficient (Wildman–Crippen LogP) is 3.11. The fraction of sp³-hybridized carbons (Fsp3) is 0.409. The Morgan fingerprint density at radius 2 is 1.79 bits per heavy atom. The molecule has 5 nitrogen and oxygen atoms in total. The summed E-state index contributed by atoms with van der Waals surface area (Å²) < 4.78 is 19.5. The molecule has 2 saturated heterocycles. The Kier molecular flexibility index (Phi) is 5.59. The van der Waals surface area contributed by atoms with Crippen LogP contribution in [-0.2, 0) is 4.79 Å². The molecule has 4 rings (SSSR count). The molecule has 1 amide bonds. The molecule has 0 bridgehead atoms. The van der Waals surface area contributed by atoms with Crippen LogP contribution in [0.3, 0.4) is 0 Å². The largest absolute Gasteiger partial charge is 0.487 e. The van der Waals surface area contributed by atoms with Crippen LogP contribution < -0.4 is 15.6 Å². The molecule has 28 heavy (non-hydrogen) atoms. The number of piperidine rings is 1. The van der Waals surface area contributed by atoms with Crippen molar-refractivity contribution in [3.63, 3.8) is 0 Å². The maximum atomic E-state index is 13.7. The number of benzene rings is 2. The van der Waals surface area contributed by atoms with Crippen molar-refractivity contribution >= 4 is 5.91 Å². The summed E-state index contributed by atoms with van der Waals surface area (Å²) in [6.45, 7) is 3.33. The smallest absolute Gasteiger partial charge is 0.241 e. The average molecular weight is 383 g/mol. The van der Waals surface area contributed by atoms with Crippen LogP contribution in [0, 0.1) is 12.7 Å². The molecule has 2 aliphatic heterocycles. The molecule has 2 heterocycles. The Morgan fingerprint density at radius 1 is 1.07 bits per heavy atom. The van der Waals surface area contributed by atoms with Gasteiger partial charge in [-0.15, -0.1) is 0 Å². The first kappa shape index (κ1) is 18.9. The summed E-state index contributed by atoms with van der Waals surface area (Å²) in [6, 6.07) is 14.8. The quantitative estimate of drug-likeness (QED) is 0.852. The number of hydrogen-bond acceptors (Lipinski definition) is 4. The first-order chi connectivity index (χ1) is 13.6. The second-order valence-electron chi connectivity index (χ2n) is 7.61. The number of rotatable bonds is 4. The number of nitrogens with one attached hydrogen (secondary N) is 2. The summed E-state index contributed by atoms with van der Waals surface area (Å²) in [4.78, 5) is 14.8. The molecule has 148 valence electrons. The molecule has 2 atom stereocenters. The molecule has 0 aliphatic carbocycles. The highest BCUT2D eigenvalue weighted by molar-refractivity contribution is 5.82. The molecule has 0 spiro atoms. The Balaban J connectivity index is 1.28. The van der Waals surface area contributed by atoms with E-state index in [0.29, 0.717) is 25.9 Å². The number of ether oxygens (including phenoxy) is 1. The van der Waals surface area contributed by atoms with E-state index in [4.69, 9.17) is 4.74 Å². The van der Waals surface area contributed by atoms with Crippen molar-refractivity contribution in [2.24, 2.45) is 0 Å². The summed E-state index contributed by atoms with van der Waals surface area (Å²) in [5, 5.41) is 0. The summed E-state index contributed by atoms with van der Waals surface area (Å²) in [5.41, 5.74) is 8.81. The lowest BCUT2D eigenvalue weighted by molar-refractivity contribution is -0.135. The number of amides is 1. The number of nitrogens with zero attached hydrogens (tertiary/aromatic N) is 1. The molecule has 2 aromatic carbocycles. The summed E-state index contributed by atoms with van der Waals surface area (Å²) in [5.74, 6) is 0.0608. The molecule has 2 fully saturated rings. The van der Waals surface area contributed by atoms with Crippen molar-refractivity contribution < 1.29 is 13.9 Å². The van der Waals surface area contributed by atoms with Gasteiger partial charge in [0, 0.05) is 32.0 Å². The number of carbonyl (C=O) groups excluding carboxylic acids is 1. The van der Waals surface area contributed by atoms with Gasteiger partial charge < -0.3 is 9.64 Å². The number of carbonyl (C=O) groups is 1. The van der Waals surface area contributed by atoms with E-state index in [2.05, 4.69) is 42.0 Å². The molecule has 0 aromatic heterocycles. The highest BCUT2D eigenvalue weighted by atomic mass is 19.1. The van der Waals surface area contributed by atoms with E-state index in [1.807, 2.05) is 4.90 Å². The second kappa shape index (κ2) is 8.29. The Labute approximate surface area is 164 Å². The van der Waals surface area contributed by atoms with Crippen molar-refractivity contribution in [1.82, 2.24) is 15.8 Å². The van der Waals surface area contributed by atoms with Crippen LogP contribution in [0.15, 0.2) is 48.5 Å². The Bertz CT molecular complexity index is 819. The van der Waals surface area contributed by atoms with E-state index in [1.54, 1.807) is 18.2 Å². The van der Waals surface area contributed by atoms with Crippen LogP contribution in [0.1, 0.15) is 36.4 Å². The van der Waals surface area contributed by atoms with Gasteiger partial charge in [-0.3, -0.25) is 4.79 Å². The summed E-state index contributed by atoms with van der Waals surface area (Å²) >= 11 is 0. The molecule has 0 saturated carbocycles. The highest BCUT2D eigenvalue weighted by Crippen LogP contribution is 2.25. The van der Waals surface area contributed by atoms with Gasteiger partial charge in [0.05, 0.1) is 0 Å². The van der Waals surface area contributed by atoms with Crippen molar-refractivity contribution in [2.75, 3.05) is 13.1 Å². The fourth-order valence-corrected chi connectivity index (χ4v) is 3.87. The van der Waals surface area contributed by atoms with Crippen LogP contribution >= 0.6 is 0 Å². The van der Waals surface area contributed by atoms with Crippen LogP contribution in [0.2, 0.25) is 0 Å². The first-order valence-electron chi connectivity index (χ1n) is 9.88. The van der Waals surface area contributed by atoms with E-state index < -0.39 is 0 Å². The molecular weight excluding hydrogens is 357 g/mol. The van der Waals surface area contributed by atoms with Gasteiger partial charge in [0.1, 0.15) is 12.1 Å². The zero-order chi connectivity index (χ0) is 19.5. The van der Waals surface area contributed by atoms with Crippen molar-refractivity contribution in [3.05, 3.63) is 65.5 Å². The van der Waals surface area contributed by atoms with Gasteiger partial charge in [-0.1, -0.05) is 42.0 Å². The molecule has 2 aromatic rings. The zero-order valence-electron chi connectivity index (χ0n) is 16.0. The number of aryl methyl sites for hydroxylation is 1. The maximum Gasteiger partial charge on any atom is 0.241 e. The number of hydrazine groups is 1. The normalized spacial score (nSPS) is 23.0. The zero-order valence-corrected chi connectivity index (χ0v) is 16.0. The van der Waals surface area contributed by atoms with Gasteiger partial charge in [-0.25, -0.2) is 15.2 Å². The minimum atomic E-state index is -0.343. The predicted molar refractivity (Wildman–Crippen MR) is 105 cm³/mol. The van der Waals surface area contributed by atoms with Crippen LogP contribution in [0.4, 0.5) is 4.39 Å². The number of para-hydroxylation sites is 1. The maximum absolute atomic E-state index is 13.7. The summed E-state index contributed by atoms with van der Waals surface area (Å²) in [6.07, 6.45) is 2.09. The van der Waals surface area contributed by atoms with Crippen LogP contribution in [0.5, 0.6) is 5.75 Å². The fourth-order valence-electron chi connectivity index (χ4n) is 3.87. The van der Waals surface area contributed by atoms with E-state index in [1.165, 1.54) is 17.2 Å². The number of likely N-dealkylation sites (tertiary alicyclic amines) is 1. The van der Waals surface area contributed by atoms with E-state index in [9.17, 15) is 9.18 Å². The summed E-state index contributed by atoms with van der Waals surface area (Å²) in [7, 11) is 0. The minimum absolute atomic E-state index is 0.0593. The lowest BCUT2D eigenvalue weighted by Crippen LogP contribution is -2.49.